The number of methoxy groups -OCH3 is 1. The summed E-state index contributed by atoms with van der Waals surface area (Å²) in [7, 11) is 1.59. The lowest BCUT2D eigenvalue weighted by Gasteiger charge is -2.46. The number of nitrogens with one attached hydrogen (secondary N) is 1. The zero-order valence-corrected chi connectivity index (χ0v) is 20.1. The fraction of sp³-hybridized carbons (Fsp3) is 0.423. The Morgan fingerprint density at radius 2 is 1.88 bits per heavy atom. The van der Waals surface area contributed by atoms with E-state index in [-0.39, 0.29) is 5.75 Å². The van der Waals surface area contributed by atoms with Gasteiger partial charge < -0.3 is 20.1 Å². The number of ether oxygens (including phenoxy) is 1. The van der Waals surface area contributed by atoms with Gasteiger partial charge in [-0.05, 0) is 61.1 Å². The van der Waals surface area contributed by atoms with Crippen molar-refractivity contribution in [3.8, 4) is 34.0 Å². The molecule has 3 aromatic rings. The molecule has 2 unspecified atom stereocenters. The van der Waals surface area contributed by atoms with E-state index in [1.807, 2.05) is 36.0 Å². The molecular formula is C26H29N5O2S. The molecule has 2 aromatic heterocycles. The van der Waals surface area contributed by atoms with Crippen LogP contribution < -0.4 is 15.0 Å². The highest BCUT2D eigenvalue weighted by Gasteiger charge is 2.36. The summed E-state index contributed by atoms with van der Waals surface area (Å²) in [6.07, 6.45) is 8.00. The molecule has 2 N–H and O–H groups in total. The Balaban J connectivity index is 1.27. The Morgan fingerprint density at radius 1 is 1.06 bits per heavy atom. The van der Waals surface area contributed by atoms with Gasteiger partial charge in [0.1, 0.15) is 5.75 Å². The number of phenols is 1. The van der Waals surface area contributed by atoms with Gasteiger partial charge in [-0.3, -0.25) is 0 Å². The second kappa shape index (κ2) is 9.07. The van der Waals surface area contributed by atoms with Gasteiger partial charge in [0.25, 0.3) is 0 Å². The second-order valence-electron chi connectivity index (χ2n) is 9.39. The third-order valence-electron chi connectivity index (χ3n) is 7.28. The van der Waals surface area contributed by atoms with Crippen LogP contribution in [0.2, 0.25) is 0 Å². The Kier molecular flexibility index (Phi) is 5.79. The average Bonchev–Trinajstić information content (AvgIpc) is 2.87. The molecule has 34 heavy (non-hydrogen) atoms. The molecule has 5 heterocycles. The van der Waals surface area contributed by atoms with Crippen LogP contribution in [0.4, 0.5) is 5.82 Å². The normalized spacial score (nSPS) is 23.9. The molecule has 1 aromatic carbocycles. The molecule has 176 valence electrons. The van der Waals surface area contributed by atoms with Crippen molar-refractivity contribution in [2.45, 2.75) is 55.1 Å². The number of rotatable bonds is 4. The quantitative estimate of drug-likeness (QED) is 0.571. The number of hydrogen-bond acceptors (Lipinski definition) is 8. The highest BCUT2D eigenvalue weighted by molar-refractivity contribution is 7.99. The van der Waals surface area contributed by atoms with E-state index in [1.165, 1.54) is 32.1 Å². The first-order valence-electron chi connectivity index (χ1n) is 12.0. The Hall–Kier alpha value is -2.84. The Bertz CT molecular complexity index is 1190. The summed E-state index contributed by atoms with van der Waals surface area (Å²) in [6.45, 7) is 1.02. The van der Waals surface area contributed by atoms with Gasteiger partial charge in [-0.15, -0.1) is 22.0 Å². The number of anilines is 1. The highest BCUT2D eigenvalue weighted by Crippen LogP contribution is 2.40. The molecule has 0 spiro atoms. The number of aromatic nitrogens is 3. The smallest absolute Gasteiger partial charge is 0.213 e. The Morgan fingerprint density at radius 3 is 2.68 bits per heavy atom. The van der Waals surface area contributed by atoms with Crippen LogP contribution in [0.1, 0.15) is 32.1 Å². The topological polar surface area (TPSA) is 83.4 Å². The number of nitrogens with zero attached hydrogens (tertiary/aromatic N) is 4. The molecule has 2 saturated heterocycles. The van der Waals surface area contributed by atoms with E-state index < -0.39 is 0 Å². The lowest BCUT2D eigenvalue weighted by atomic mass is 9.83. The van der Waals surface area contributed by atoms with Crippen LogP contribution in [0.3, 0.4) is 0 Å². The summed E-state index contributed by atoms with van der Waals surface area (Å²) in [5.74, 6) is 2.78. The number of thioether (sulfide) groups is 1. The summed E-state index contributed by atoms with van der Waals surface area (Å²) in [4.78, 5) is 7.80. The summed E-state index contributed by atoms with van der Waals surface area (Å²) in [5.41, 5.74) is 3.22. The van der Waals surface area contributed by atoms with Crippen molar-refractivity contribution < 1.29 is 9.84 Å². The molecule has 7 nitrogen and oxygen atoms in total. The zero-order valence-electron chi connectivity index (χ0n) is 19.3. The van der Waals surface area contributed by atoms with Crippen molar-refractivity contribution in [2.75, 3.05) is 24.3 Å². The van der Waals surface area contributed by atoms with E-state index in [1.54, 1.807) is 19.4 Å². The predicted octanol–water partition coefficient (Wildman–Crippen LogP) is 4.51. The number of pyridine rings is 1. The van der Waals surface area contributed by atoms with Crippen LogP contribution in [-0.2, 0) is 0 Å². The van der Waals surface area contributed by atoms with Gasteiger partial charge in [0.15, 0.2) is 5.82 Å². The number of fused-ring (bicyclic) bond motifs is 3. The van der Waals surface area contributed by atoms with Crippen LogP contribution in [0, 0.1) is 0 Å². The highest BCUT2D eigenvalue weighted by atomic mass is 32.2. The minimum atomic E-state index is 0.186. The van der Waals surface area contributed by atoms with Gasteiger partial charge in [0.2, 0.25) is 5.88 Å². The standard InChI is InChI=1S/C26H29N5O2S/c1-33-25-12-17(7-8-27-25)16-5-6-21(23(32)11-16)22-15-24-26(30-29-22)31(9-10-34-24)20-13-18-3-2-4-19(14-20)28-18/h5-8,11-12,15,18-20,28,32H,2-4,9-10,13-14H2,1H3. The van der Waals surface area contributed by atoms with Crippen molar-refractivity contribution in [3.05, 3.63) is 42.6 Å². The van der Waals surface area contributed by atoms with E-state index in [0.717, 1.165) is 34.1 Å². The minimum Gasteiger partial charge on any atom is -0.507 e. The SMILES string of the molecule is COc1cc(-c2ccc(-c3cc4c(nn3)N(C3CC5CCCC(C3)N5)CCS4)c(O)c2)ccn1. The van der Waals surface area contributed by atoms with Crippen LogP contribution in [0.5, 0.6) is 11.6 Å². The molecule has 8 heteroatoms. The van der Waals surface area contributed by atoms with Gasteiger partial charge in [0, 0.05) is 48.2 Å². The van der Waals surface area contributed by atoms with Crippen LogP contribution in [0.25, 0.3) is 22.4 Å². The maximum Gasteiger partial charge on any atom is 0.213 e. The first-order chi connectivity index (χ1) is 16.7. The average molecular weight is 476 g/mol. The first kappa shape index (κ1) is 21.7. The number of hydrogen-bond donors (Lipinski definition) is 2. The van der Waals surface area contributed by atoms with E-state index >= 15 is 0 Å². The maximum absolute atomic E-state index is 10.8. The maximum atomic E-state index is 10.8. The molecule has 3 aliphatic heterocycles. The van der Waals surface area contributed by atoms with Crippen LogP contribution in [0.15, 0.2) is 47.5 Å². The molecule has 0 radical (unpaired) electrons. The molecule has 2 bridgehead atoms. The van der Waals surface area contributed by atoms with Crippen LogP contribution >= 0.6 is 11.8 Å². The third-order valence-corrected chi connectivity index (χ3v) is 8.28. The number of phenolic OH excluding ortho intramolecular Hbond substituents is 1. The molecule has 3 aliphatic rings. The van der Waals surface area contributed by atoms with Crippen molar-refractivity contribution in [1.82, 2.24) is 20.5 Å². The molecule has 2 atom stereocenters. The van der Waals surface area contributed by atoms with Gasteiger partial charge in [-0.2, -0.15) is 0 Å². The lowest BCUT2D eigenvalue weighted by molar-refractivity contribution is 0.216. The van der Waals surface area contributed by atoms with Gasteiger partial charge in [-0.1, -0.05) is 12.5 Å². The predicted molar refractivity (Wildman–Crippen MR) is 135 cm³/mol. The van der Waals surface area contributed by atoms with Crippen molar-refractivity contribution in [2.24, 2.45) is 0 Å². The summed E-state index contributed by atoms with van der Waals surface area (Å²) >= 11 is 1.83. The summed E-state index contributed by atoms with van der Waals surface area (Å²) in [5, 5.41) is 23.9. The monoisotopic (exact) mass is 475 g/mol. The lowest BCUT2D eigenvalue weighted by Crippen LogP contribution is -2.55. The van der Waals surface area contributed by atoms with E-state index in [4.69, 9.17) is 4.74 Å². The molecule has 2 fully saturated rings. The van der Waals surface area contributed by atoms with E-state index in [2.05, 4.69) is 31.5 Å². The molecular weight excluding hydrogens is 446 g/mol. The van der Waals surface area contributed by atoms with E-state index in [0.29, 0.717) is 35.3 Å². The number of aromatic hydroxyl groups is 1. The third kappa shape index (κ3) is 4.09. The fourth-order valence-corrected chi connectivity index (χ4v) is 6.63. The zero-order chi connectivity index (χ0) is 23.1. The van der Waals surface area contributed by atoms with Gasteiger partial charge >= 0.3 is 0 Å². The number of piperidine rings is 2. The Labute approximate surface area is 204 Å². The van der Waals surface area contributed by atoms with Gasteiger partial charge in [-0.25, -0.2) is 4.98 Å². The van der Waals surface area contributed by atoms with Crippen molar-refractivity contribution >= 4 is 17.6 Å². The molecule has 0 amide bonds. The first-order valence-corrected chi connectivity index (χ1v) is 13.0. The van der Waals surface area contributed by atoms with Crippen molar-refractivity contribution in [3.63, 3.8) is 0 Å². The summed E-state index contributed by atoms with van der Waals surface area (Å²) < 4.78 is 5.22. The van der Waals surface area contributed by atoms with Crippen molar-refractivity contribution in [1.29, 1.82) is 0 Å². The van der Waals surface area contributed by atoms with Gasteiger partial charge in [0.05, 0.1) is 17.7 Å². The van der Waals surface area contributed by atoms with E-state index in [9.17, 15) is 5.11 Å². The second-order valence-corrected chi connectivity index (χ2v) is 10.5. The van der Waals surface area contributed by atoms with Crippen LogP contribution in [-0.4, -0.2) is 57.8 Å². The number of benzene rings is 1. The fourth-order valence-electron chi connectivity index (χ4n) is 5.64. The minimum absolute atomic E-state index is 0.186. The molecule has 0 saturated carbocycles. The summed E-state index contributed by atoms with van der Waals surface area (Å²) in [6, 6.07) is 13.3. The largest absolute Gasteiger partial charge is 0.507 e. The molecule has 6 rings (SSSR count). The molecule has 0 aliphatic carbocycles.